The minimum Gasteiger partial charge on any atom is -0.355 e. The van der Waals surface area contributed by atoms with Crippen molar-refractivity contribution in [1.29, 1.82) is 0 Å². The number of nitrogens with zero attached hydrogens (tertiary/aromatic N) is 2. The fourth-order valence-electron chi connectivity index (χ4n) is 3.35. The van der Waals surface area contributed by atoms with Crippen molar-refractivity contribution in [2.45, 2.75) is 59.9 Å². The van der Waals surface area contributed by atoms with Crippen molar-refractivity contribution >= 4 is 5.95 Å². The fraction of sp³-hybridized carbons (Fsp3) is 0.812. The summed E-state index contributed by atoms with van der Waals surface area (Å²) in [5.74, 6) is 3.37. The van der Waals surface area contributed by atoms with Crippen LogP contribution in [0.3, 0.4) is 0 Å². The molecule has 1 aromatic rings. The predicted octanol–water partition coefficient (Wildman–Crippen LogP) is 4.26. The van der Waals surface area contributed by atoms with E-state index in [1.807, 2.05) is 0 Å². The quantitative estimate of drug-likeness (QED) is 0.879. The second kappa shape index (κ2) is 5.98. The molecule has 2 rings (SSSR count). The number of aryl methyl sites for hydroxylation is 1. The summed E-state index contributed by atoms with van der Waals surface area (Å²) in [6, 6.07) is 0.620. The summed E-state index contributed by atoms with van der Waals surface area (Å²) >= 11 is 0. The molecule has 1 saturated carbocycles. The van der Waals surface area contributed by atoms with Crippen molar-refractivity contribution in [2.75, 3.05) is 11.9 Å². The van der Waals surface area contributed by atoms with Crippen molar-refractivity contribution in [1.82, 2.24) is 9.55 Å². The normalized spacial score (nSPS) is 27.8. The number of anilines is 1. The molecule has 0 aromatic carbocycles. The largest absolute Gasteiger partial charge is 0.355 e. The van der Waals surface area contributed by atoms with Crippen LogP contribution in [0.5, 0.6) is 0 Å². The monoisotopic (exact) mass is 263 g/mol. The average molecular weight is 263 g/mol. The third-order valence-corrected chi connectivity index (χ3v) is 4.07. The Labute approximate surface area is 117 Å². The minimum absolute atomic E-state index is 0.620. The molecule has 0 spiro atoms. The Bertz CT molecular complexity index is 398. The topological polar surface area (TPSA) is 29.9 Å². The summed E-state index contributed by atoms with van der Waals surface area (Å²) in [6.07, 6.45) is 6.17. The lowest BCUT2D eigenvalue weighted by atomic mass is 9.80. The summed E-state index contributed by atoms with van der Waals surface area (Å²) < 4.78 is 2.39. The minimum atomic E-state index is 0.620. The molecule has 19 heavy (non-hydrogen) atoms. The van der Waals surface area contributed by atoms with Gasteiger partial charge in [0.05, 0.1) is 5.69 Å². The SMILES string of the molecule is Cc1cn(C2CC(C)CC(C)C2)c(NCC(C)C)n1. The van der Waals surface area contributed by atoms with E-state index >= 15 is 0 Å². The van der Waals surface area contributed by atoms with Gasteiger partial charge in [0.25, 0.3) is 0 Å². The molecular formula is C16H29N3. The summed E-state index contributed by atoms with van der Waals surface area (Å²) in [6.45, 7) is 12.3. The van der Waals surface area contributed by atoms with Gasteiger partial charge in [0.2, 0.25) is 5.95 Å². The van der Waals surface area contributed by atoms with Crippen molar-refractivity contribution in [3.63, 3.8) is 0 Å². The molecule has 3 heteroatoms. The van der Waals surface area contributed by atoms with Crippen LogP contribution in [-0.4, -0.2) is 16.1 Å². The summed E-state index contributed by atoms with van der Waals surface area (Å²) in [5, 5.41) is 3.51. The number of hydrogen-bond acceptors (Lipinski definition) is 2. The fourth-order valence-corrected chi connectivity index (χ4v) is 3.35. The first-order chi connectivity index (χ1) is 8.95. The van der Waals surface area contributed by atoms with Crippen LogP contribution in [0.15, 0.2) is 6.20 Å². The van der Waals surface area contributed by atoms with Gasteiger partial charge in [-0.15, -0.1) is 0 Å². The van der Waals surface area contributed by atoms with E-state index in [9.17, 15) is 0 Å². The standard InChI is InChI=1S/C16H29N3/c1-11(2)9-17-16-18-14(5)10-19(16)15-7-12(3)6-13(4)8-15/h10-13,15H,6-9H2,1-5H3,(H,17,18). The van der Waals surface area contributed by atoms with Crippen LogP contribution in [0, 0.1) is 24.7 Å². The molecule has 0 aliphatic heterocycles. The lowest BCUT2D eigenvalue weighted by Gasteiger charge is -2.33. The van der Waals surface area contributed by atoms with Gasteiger partial charge in [0, 0.05) is 18.8 Å². The van der Waals surface area contributed by atoms with Crippen LogP contribution in [0.1, 0.15) is 58.7 Å². The zero-order valence-corrected chi connectivity index (χ0v) is 13.1. The Morgan fingerprint density at radius 1 is 1.26 bits per heavy atom. The first-order valence-corrected chi connectivity index (χ1v) is 7.75. The van der Waals surface area contributed by atoms with E-state index in [4.69, 9.17) is 0 Å². The van der Waals surface area contributed by atoms with Gasteiger partial charge in [-0.25, -0.2) is 4.98 Å². The van der Waals surface area contributed by atoms with Crippen LogP contribution >= 0.6 is 0 Å². The maximum atomic E-state index is 4.66. The Morgan fingerprint density at radius 2 is 1.89 bits per heavy atom. The lowest BCUT2D eigenvalue weighted by molar-refractivity contribution is 0.222. The van der Waals surface area contributed by atoms with Crippen molar-refractivity contribution < 1.29 is 0 Å². The first kappa shape index (κ1) is 14.4. The van der Waals surface area contributed by atoms with E-state index < -0.39 is 0 Å². The summed E-state index contributed by atoms with van der Waals surface area (Å²) in [5.41, 5.74) is 1.12. The Hall–Kier alpha value is -0.990. The van der Waals surface area contributed by atoms with E-state index in [2.05, 4.69) is 55.7 Å². The van der Waals surface area contributed by atoms with Crippen LogP contribution in [0.4, 0.5) is 5.95 Å². The van der Waals surface area contributed by atoms with Crippen molar-refractivity contribution in [2.24, 2.45) is 17.8 Å². The lowest BCUT2D eigenvalue weighted by Crippen LogP contribution is -2.24. The number of hydrogen-bond donors (Lipinski definition) is 1. The van der Waals surface area contributed by atoms with Crippen LogP contribution in [-0.2, 0) is 0 Å². The molecule has 1 aromatic heterocycles. The summed E-state index contributed by atoms with van der Waals surface area (Å²) in [7, 11) is 0. The first-order valence-electron chi connectivity index (χ1n) is 7.75. The van der Waals surface area contributed by atoms with E-state index in [1.165, 1.54) is 19.3 Å². The highest BCUT2D eigenvalue weighted by Crippen LogP contribution is 2.37. The Balaban J connectivity index is 2.14. The highest BCUT2D eigenvalue weighted by molar-refractivity contribution is 5.29. The van der Waals surface area contributed by atoms with E-state index in [1.54, 1.807) is 0 Å². The molecule has 0 bridgehead atoms. The zero-order chi connectivity index (χ0) is 14.0. The number of rotatable bonds is 4. The molecule has 0 saturated heterocycles. The zero-order valence-electron chi connectivity index (χ0n) is 13.1. The molecule has 2 atom stereocenters. The highest BCUT2D eigenvalue weighted by atomic mass is 15.2. The average Bonchev–Trinajstić information content (AvgIpc) is 2.66. The Morgan fingerprint density at radius 3 is 2.47 bits per heavy atom. The molecule has 1 N–H and O–H groups in total. The highest BCUT2D eigenvalue weighted by Gasteiger charge is 2.26. The third-order valence-electron chi connectivity index (χ3n) is 4.07. The predicted molar refractivity (Wildman–Crippen MR) is 81.5 cm³/mol. The van der Waals surface area contributed by atoms with Crippen molar-refractivity contribution in [3.05, 3.63) is 11.9 Å². The Kier molecular flexibility index (Phi) is 4.54. The third kappa shape index (κ3) is 3.74. The van der Waals surface area contributed by atoms with Gasteiger partial charge in [0.15, 0.2) is 0 Å². The van der Waals surface area contributed by atoms with Gasteiger partial charge < -0.3 is 9.88 Å². The number of aromatic nitrogens is 2. The molecule has 3 nitrogen and oxygen atoms in total. The van der Waals surface area contributed by atoms with Crippen LogP contribution in [0.25, 0.3) is 0 Å². The smallest absolute Gasteiger partial charge is 0.203 e. The molecule has 0 amide bonds. The second-order valence-corrected chi connectivity index (χ2v) is 6.96. The molecule has 1 fully saturated rings. The van der Waals surface area contributed by atoms with E-state index in [-0.39, 0.29) is 0 Å². The summed E-state index contributed by atoms with van der Waals surface area (Å²) in [4.78, 5) is 4.66. The molecule has 2 unspecified atom stereocenters. The molecular weight excluding hydrogens is 234 g/mol. The van der Waals surface area contributed by atoms with E-state index in [0.29, 0.717) is 12.0 Å². The van der Waals surface area contributed by atoms with E-state index in [0.717, 1.165) is 30.0 Å². The second-order valence-electron chi connectivity index (χ2n) is 6.96. The van der Waals surface area contributed by atoms with Gasteiger partial charge in [0.1, 0.15) is 0 Å². The maximum absolute atomic E-state index is 4.66. The molecule has 1 heterocycles. The van der Waals surface area contributed by atoms with Gasteiger partial charge in [-0.2, -0.15) is 0 Å². The van der Waals surface area contributed by atoms with Gasteiger partial charge in [-0.1, -0.05) is 27.7 Å². The molecule has 1 aliphatic rings. The maximum Gasteiger partial charge on any atom is 0.203 e. The molecule has 0 radical (unpaired) electrons. The van der Waals surface area contributed by atoms with Crippen LogP contribution in [0.2, 0.25) is 0 Å². The molecule has 1 aliphatic carbocycles. The number of nitrogens with one attached hydrogen (secondary N) is 1. The van der Waals surface area contributed by atoms with Gasteiger partial charge in [-0.3, -0.25) is 0 Å². The molecule has 108 valence electrons. The van der Waals surface area contributed by atoms with Crippen LogP contribution < -0.4 is 5.32 Å². The van der Waals surface area contributed by atoms with Gasteiger partial charge in [-0.05, 0) is 43.9 Å². The number of imidazole rings is 1. The van der Waals surface area contributed by atoms with Crippen molar-refractivity contribution in [3.8, 4) is 0 Å². The van der Waals surface area contributed by atoms with Gasteiger partial charge >= 0.3 is 0 Å².